The van der Waals surface area contributed by atoms with E-state index in [4.69, 9.17) is 0 Å². The molecule has 0 bridgehead atoms. The van der Waals surface area contributed by atoms with E-state index in [0.29, 0.717) is 11.7 Å². The first-order chi connectivity index (χ1) is 11.6. The molecule has 0 heterocycles. The van der Waals surface area contributed by atoms with Crippen LogP contribution in [0.25, 0.3) is 0 Å². The van der Waals surface area contributed by atoms with Crippen molar-refractivity contribution in [2.45, 2.75) is 23.8 Å². The Morgan fingerprint density at radius 1 is 1.17 bits per heavy atom. The lowest BCUT2D eigenvalue weighted by Gasteiger charge is -2.18. The molecule has 0 radical (unpaired) electrons. The molecule has 2 aromatic rings. The maximum absolute atomic E-state index is 12.3. The number of carbonyl (C=O) groups excluding carboxylic acids is 1. The Labute approximate surface area is 144 Å². The van der Waals surface area contributed by atoms with E-state index in [0.717, 1.165) is 23.3 Å². The second-order valence-electron chi connectivity index (χ2n) is 5.83. The molecule has 1 unspecified atom stereocenters. The van der Waals surface area contributed by atoms with E-state index in [1.165, 1.54) is 23.9 Å². The molecule has 24 heavy (non-hydrogen) atoms. The number of nitro benzene ring substituents is 1. The van der Waals surface area contributed by atoms with Crippen molar-refractivity contribution >= 4 is 23.4 Å². The summed E-state index contributed by atoms with van der Waals surface area (Å²) in [5.74, 6) is 0.813. The molecule has 1 amide bonds. The van der Waals surface area contributed by atoms with Gasteiger partial charge in [0.25, 0.3) is 5.69 Å². The van der Waals surface area contributed by atoms with Gasteiger partial charge in [0, 0.05) is 17.0 Å². The van der Waals surface area contributed by atoms with Gasteiger partial charge in [-0.15, -0.1) is 11.8 Å². The number of rotatable bonds is 7. The number of nitrogens with zero attached hydrogens (tertiary/aromatic N) is 1. The summed E-state index contributed by atoms with van der Waals surface area (Å²) in [5, 5.41) is 13.8. The van der Waals surface area contributed by atoms with Gasteiger partial charge < -0.3 is 5.32 Å². The van der Waals surface area contributed by atoms with Gasteiger partial charge in [-0.25, -0.2) is 0 Å². The fourth-order valence-electron chi connectivity index (χ4n) is 2.59. The van der Waals surface area contributed by atoms with E-state index in [1.54, 1.807) is 12.1 Å². The molecule has 6 heteroatoms. The summed E-state index contributed by atoms with van der Waals surface area (Å²) in [5.41, 5.74) is 1.20. The third kappa shape index (κ3) is 4.35. The minimum atomic E-state index is -0.429. The molecule has 1 aliphatic rings. The summed E-state index contributed by atoms with van der Waals surface area (Å²) < 4.78 is 0. The lowest BCUT2D eigenvalue weighted by atomic mass is 10.0. The highest BCUT2D eigenvalue weighted by Crippen LogP contribution is 2.41. The maximum atomic E-state index is 12.3. The molecule has 3 rings (SSSR count). The van der Waals surface area contributed by atoms with Crippen LogP contribution < -0.4 is 5.32 Å². The van der Waals surface area contributed by atoms with Crippen molar-refractivity contribution in [3.05, 3.63) is 70.3 Å². The van der Waals surface area contributed by atoms with Gasteiger partial charge in [0.1, 0.15) is 0 Å². The van der Waals surface area contributed by atoms with Crippen LogP contribution in [0.2, 0.25) is 0 Å². The van der Waals surface area contributed by atoms with Gasteiger partial charge in [0.15, 0.2) is 0 Å². The number of nitro groups is 1. The quantitative estimate of drug-likeness (QED) is 0.470. The van der Waals surface area contributed by atoms with Crippen LogP contribution in [0.3, 0.4) is 0 Å². The number of amides is 1. The fourth-order valence-corrected chi connectivity index (χ4v) is 3.30. The summed E-state index contributed by atoms with van der Waals surface area (Å²) in [6.45, 7) is 0. The molecule has 1 fully saturated rings. The minimum absolute atomic E-state index is 0.0147. The topological polar surface area (TPSA) is 72.2 Å². The van der Waals surface area contributed by atoms with E-state index >= 15 is 0 Å². The number of hydrogen-bond donors (Lipinski definition) is 1. The van der Waals surface area contributed by atoms with Crippen molar-refractivity contribution in [1.29, 1.82) is 0 Å². The molecule has 124 valence electrons. The molecule has 1 saturated carbocycles. The van der Waals surface area contributed by atoms with Gasteiger partial charge in [-0.3, -0.25) is 14.9 Å². The summed E-state index contributed by atoms with van der Waals surface area (Å²) in [6, 6.07) is 16.4. The smallest absolute Gasteiger partial charge is 0.269 e. The molecule has 0 saturated heterocycles. The lowest BCUT2D eigenvalue weighted by Crippen LogP contribution is -2.31. The molecular formula is C18H18N2O3S. The minimum Gasteiger partial charge on any atom is -0.348 e. The van der Waals surface area contributed by atoms with Crippen molar-refractivity contribution in [3.63, 3.8) is 0 Å². The SMILES string of the molecule is O=C(CSc1ccc([N+](=O)[O-])cc1)NC(c1ccccc1)C1CC1. The number of carbonyl (C=O) groups is 1. The highest BCUT2D eigenvalue weighted by molar-refractivity contribution is 8.00. The first kappa shape index (κ1) is 16.5. The zero-order valence-electron chi connectivity index (χ0n) is 13.1. The van der Waals surface area contributed by atoms with Crippen molar-refractivity contribution in [2.24, 2.45) is 5.92 Å². The Balaban J connectivity index is 1.55. The Kier molecular flexibility index (Phi) is 5.15. The fraction of sp³-hybridized carbons (Fsp3) is 0.278. The van der Waals surface area contributed by atoms with Crippen molar-refractivity contribution in [3.8, 4) is 0 Å². The van der Waals surface area contributed by atoms with Gasteiger partial charge in [-0.2, -0.15) is 0 Å². The Bertz CT molecular complexity index is 715. The molecule has 0 aromatic heterocycles. The summed E-state index contributed by atoms with van der Waals surface area (Å²) in [6.07, 6.45) is 2.30. The molecule has 1 atom stereocenters. The Morgan fingerprint density at radius 3 is 2.42 bits per heavy atom. The predicted octanol–water partition coefficient (Wildman–Crippen LogP) is 3.95. The predicted molar refractivity (Wildman–Crippen MR) is 93.9 cm³/mol. The van der Waals surface area contributed by atoms with Crippen molar-refractivity contribution in [1.82, 2.24) is 5.32 Å². The van der Waals surface area contributed by atoms with Gasteiger partial charge in [0.05, 0.1) is 16.7 Å². The van der Waals surface area contributed by atoms with Gasteiger partial charge in [-0.05, 0) is 36.5 Å². The van der Waals surface area contributed by atoms with E-state index in [9.17, 15) is 14.9 Å². The summed E-state index contributed by atoms with van der Waals surface area (Å²) in [4.78, 5) is 23.3. The van der Waals surface area contributed by atoms with E-state index in [1.807, 2.05) is 30.3 Å². The molecule has 2 aromatic carbocycles. The molecular weight excluding hydrogens is 324 g/mol. The zero-order valence-corrected chi connectivity index (χ0v) is 13.9. The van der Waals surface area contributed by atoms with Gasteiger partial charge >= 0.3 is 0 Å². The molecule has 0 aliphatic heterocycles. The normalized spacial score (nSPS) is 14.8. The summed E-state index contributed by atoms with van der Waals surface area (Å²) >= 11 is 1.38. The van der Waals surface area contributed by atoms with Crippen molar-refractivity contribution in [2.75, 3.05) is 5.75 Å². The maximum Gasteiger partial charge on any atom is 0.269 e. The average Bonchev–Trinajstić information content (AvgIpc) is 3.44. The second kappa shape index (κ2) is 7.49. The number of benzene rings is 2. The lowest BCUT2D eigenvalue weighted by molar-refractivity contribution is -0.384. The standard InChI is InChI=1S/C18H18N2O3S/c21-17(12-24-16-10-8-15(9-11-16)20(22)23)19-18(14-6-7-14)13-4-2-1-3-5-13/h1-5,8-11,14,18H,6-7,12H2,(H,19,21). The van der Waals surface area contributed by atoms with Crippen LogP contribution in [0.5, 0.6) is 0 Å². The van der Waals surface area contributed by atoms with Crippen LogP contribution in [0.1, 0.15) is 24.4 Å². The van der Waals surface area contributed by atoms with Crippen LogP contribution >= 0.6 is 11.8 Å². The van der Waals surface area contributed by atoms with Crippen LogP contribution in [0, 0.1) is 16.0 Å². The van der Waals surface area contributed by atoms with Crippen LogP contribution in [-0.2, 0) is 4.79 Å². The van der Waals surface area contributed by atoms with Crippen LogP contribution in [0.15, 0.2) is 59.5 Å². The van der Waals surface area contributed by atoms with E-state index < -0.39 is 4.92 Å². The molecule has 1 aliphatic carbocycles. The highest BCUT2D eigenvalue weighted by Gasteiger charge is 2.33. The highest BCUT2D eigenvalue weighted by atomic mass is 32.2. The zero-order chi connectivity index (χ0) is 16.9. The van der Waals surface area contributed by atoms with E-state index in [-0.39, 0.29) is 17.6 Å². The Morgan fingerprint density at radius 2 is 1.83 bits per heavy atom. The molecule has 1 N–H and O–H groups in total. The van der Waals surface area contributed by atoms with Gasteiger partial charge in [-0.1, -0.05) is 30.3 Å². The molecule has 5 nitrogen and oxygen atoms in total. The van der Waals surface area contributed by atoms with Gasteiger partial charge in [0.2, 0.25) is 5.91 Å². The third-order valence-corrected chi connectivity index (χ3v) is 5.00. The number of nitrogens with one attached hydrogen (secondary N) is 1. The number of hydrogen-bond acceptors (Lipinski definition) is 4. The Hall–Kier alpha value is -2.34. The van der Waals surface area contributed by atoms with Crippen LogP contribution in [-0.4, -0.2) is 16.6 Å². The molecule has 0 spiro atoms. The largest absolute Gasteiger partial charge is 0.348 e. The summed E-state index contributed by atoms with van der Waals surface area (Å²) in [7, 11) is 0. The monoisotopic (exact) mass is 342 g/mol. The average molecular weight is 342 g/mol. The van der Waals surface area contributed by atoms with Crippen molar-refractivity contribution < 1.29 is 9.72 Å². The first-order valence-corrected chi connectivity index (χ1v) is 8.83. The second-order valence-corrected chi connectivity index (χ2v) is 6.88. The third-order valence-electron chi connectivity index (χ3n) is 3.99. The number of thioether (sulfide) groups is 1. The number of non-ortho nitro benzene ring substituents is 1. The first-order valence-electron chi connectivity index (χ1n) is 7.85. The van der Waals surface area contributed by atoms with Crippen LogP contribution in [0.4, 0.5) is 5.69 Å². The van der Waals surface area contributed by atoms with E-state index in [2.05, 4.69) is 5.32 Å².